The van der Waals surface area contributed by atoms with Crippen molar-refractivity contribution >= 4 is 28.1 Å². The number of nitrogens with zero attached hydrogens (tertiary/aromatic N) is 2. The van der Waals surface area contributed by atoms with Crippen molar-refractivity contribution in [2.45, 2.75) is 26.3 Å². The first-order valence-electron chi connectivity index (χ1n) is 5.99. The van der Waals surface area contributed by atoms with E-state index < -0.39 is 0 Å². The lowest BCUT2D eigenvalue weighted by molar-refractivity contribution is 0.865. The van der Waals surface area contributed by atoms with Crippen molar-refractivity contribution in [2.24, 2.45) is 0 Å². The van der Waals surface area contributed by atoms with Crippen LogP contribution in [0.15, 0.2) is 24.3 Å². The molecule has 1 heterocycles. The van der Waals surface area contributed by atoms with Gasteiger partial charge >= 0.3 is 0 Å². The highest BCUT2D eigenvalue weighted by atomic mass is 35.5. The minimum Gasteiger partial charge on any atom is -0.357 e. The van der Waals surface area contributed by atoms with E-state index in [1.54, 1.807) is 0 Å². The summed E-state index contributed by atoms with van der Waals surface area (Å²) < 4.78 is 0. The molecule has 1 aromatic heterocycles. The number of anilines is 1. The van der Waals surface area contributed by atoms with Gasteiger partial charge in [0.05, 0.1) is 0 Å². The van der Waals surface area contributed by atoms with Crippen LogP contribution in [0.4, 0.5) is 5.13 Å². The second-order valence-corrected chi connectivity index (χ2v) is 5.86. The fraction of sp³-hybridized carbons (Fsp3) is 0.286. The molecule has 0 aliphatic heterocycles. The molecular weight excluding hydrogens is 278 g/mol. The van der Waals surface area contributed by atoms with Gasteiger partial charge in [-0.15, -0.1) is 0 Å². The summed E-state index contributed by atoms with van der Waals surface area (Å²) in [6.07, 6.45) is 0. The zero-order chi connectivity index (χ0) is 13.8. The maximum absolute atomic E-state index is 8.81. The number of halogens is 1. The summed E-state index contributed by atoms with van der Waals surface area (Å²) in [5, 5.41) is 12.9. The Hall–Kier alpha value is -1.57. The van der Waals surface area contributed by atoms with Crippen molar-refractivity contribution in [2.75, 3.05) is 5.32 Å². The van der Waals surface area contributed by atoms with Gasteiger partial charge in [0.2, 0.25) is 0 Å². The maximum Gasteiger partial charge on any atom is 0.185 e. The van der Waals surface area contributed by atoms with Crippen LogP contribution in [-0.2, 0) is 6.54 Å². The SMILES string of the molecule is CC(C)c1ccc(CNc2nc(Cl)c(C#N)s2)cc1. The molecule has 0 fully saturated rings. The van der Waals surface area contributed by atoms with Gasteiger partial charge in [0.1, 0.15) is 10.9 Å². The quantitative estimate of drug-likeness (QED) is 0.908. The number of thiazole rings is 1. The van der Waals surface area contributed by atoms with E-state index in [4.69, 9.17) is 16.9 Å². The Kier molecular flexibility index (Phi) is 4.41. The normalized spacial score (nSPS) is 10.5. The van der Waals surface area contributed by atoms with Crippen LogP contribution in [0.25, 0.3) is 0 Å². The predicted octanol–water partition coefficient (Wildman–Crippen LogP) is 4.40. The monoisotopic (exact) mass is 291 g/mol. The fourth-order valence-corrected chi connectivity index (χ4v) is 2.59. The summed E-state index contributed by atoms with van der Waals surface area (Å²) in [4.78, 5) is 4.54. The summed E-state index contributed by atoms with van der Waals surface area (Å²) >= 11 is 7.09. The van der Waals surface area contributed by atoms with Gasteiger partial charge in [-0.1, -0.05) is 61.1 Å². The third-order valence-electron chi connectivity index (χ3n) is 2.78. The molecule has 0 unspecified atom stereocenters. The molecule has 0 bridgehead atoms. The van der Waals surface area contributed by atoms with Crippen molar-refractivity contribution in [1.29, 1.82) is 5.26 Å². The molecule has 0 radical (unpaired) electrons. The standard InChI is InChI=1S/C14H14ClN3S/c1-9(2)11-5-3-10(4-6-11)8-17-14-18-13(15)12(7-16)19-14/h3-6,9H,8H2,1-2H3,(H,17,18). The van der Waals surface area contributed by atoms with E-state index in [0.717, 1.165) is 0 Å². The van der Waals surface area contributed by atoms with E-state index in [0.29, 0.717) is 22.5 Å². The molecule has 0 amide bonds. The van der Waals surface area contributed by atoms with Crippen LogP contribution in [0.3, 0.4) is 0 Å². The number of hydrogen-bond acceptors (Lipinski definition) is 4. The van der Waals surface area contributed by atoms with Crippen LogP contribution in [0, 0.1) is 11.3 Å². The Morgan fingerprint density at radius 1 is 1.37 bits per heavy atom. The van der Waals surface area contributed by atoms with Gasteiger partial charge in [-0.3, -0.25) is 0 Å². The molecule has 0 saturated carbocycles. The van der Waals surface area contributed by atoms with Crippen molar-refractivity contribution in [3.63, 3.8) is 0 Å². The molecule has 1 aromatic carbocycles. The Labute approximate surface area is 121 Å². The summed E-state index contributed by atoms with van der Waals surface area (Å²) in [6.45, 7) is 5.02. The van der Waals surface area contributed by atoms with Gasteiger partial charge in [0.25, 0.3) is 0 Å². The van der Waals surface area contributed by atoms with E-state index in [1.165, 1.54) is 22.5 Å². The first-order valence-corrected chi connectivity index (χ1v) is 7.18. The van der Waals surface area contributed by atoms with Gasteiger partial charge < -0.3 is 5.32 Å². The Morgan fingerprint density at radius 2 is 2.05 bits per heavy atom. The Balaban J connectivity index is 2.00. The number of nitriles is 1. The minimum atomic E-state index is 0.269. The van der Waals surface area contributed by atoms with Crippen molar-refractivity contribution in [3.05, 3.63) is 45.4 Å². The molecule has 19 heavy (non-hydrogen) atoms. The van der Waals surface area contributed by atoms with Crippen LogP contribution in [0.5, 0.6) is 0 Å². The summed E-state index contributed by atoms with van der Waals surface area (Å²) in [7, 11) is 0. The van der Waals surface area contributed by atoms with E-state index in [9.17, 15) is 0 Å². The second-order valence-electron chi connectivity index (χ2n) is 4.50. The number of aromatic nitrogens is 1. The van der Waals surface area contributed by atoms with Gasteiger partial charge in [-0.25, -0.2) is 4.98 Å². The molecule has 1 N–H and O–H groups in total. The van der Waals surface area contributed by atoms with Crippen LogP contribution in [0.2, 0.25) is 5.15 Å². The van der Waals surface area contributed by atoms with Gasteiger partial charge in [0.15, 0.2) is 10.3 Å². The fourth-order valence-electron chi connectivity index (χ4n) is 1.64. The largest absolute Gasteiger partial charge is 0.357 e. The van der Waals surface area contributed by atoms with Crippen LogP contribution < -0.4 is 5.32 Å². The molecule has 3 nitrogen and oxygen atoms in total. The highest BCUT2D eigenvalue weighted by Crippen LogP contribution is 2.26. The third-order valence-corrected chi connectivity index (χ3v) is 4.08. The molecule has 2 rings (SSSR count). The number of nitrogens with one attached hydrogen (secondary N) is 1. The van der Waals surface area contributed by atoms with Gasteiger partial charge in [-0.2, -0.15) is 5.26 Å². The van der Waals surface area contributed by atoms with Gasteiger partial charge in [0, 0.05) is 6.54 Å². The van der Waals surface area contributed by atoms with Crippen LogP contribution >= 0.6 is 22.9 Å². The van der Waals surface area contributed by atoms with Crippen LogP contribution in [0.1, 0.15) is 35.8 Å². The summed E-state index contributed by atoms with van der Waals surface area (Å²) in [5.74, 6) is 0.540. The Morgan fingerprint density at radius 3 is 2.58 bits per heavy atom. The van der Waals surface area contributed by atoms with E-state index in [1.807, 2.05) is 6.07 Å². The van der Waals surface area contributed by atoms with Crippen molar-refractivity contribution in [1.82, 2.24) is 4.98 Å². The topological polar surface area (TPSA) is 48.7 Å². The average Bonchev–Trinajstić information content (AvgIpc) is 2.77. The van der Waals surface area contributed by atoms with Crippen molar-refractivity contribution < 1.29 is 0 Å². The van der Waals surface area contributed by atoms with Crippen molar-refractivity contribution in [3.8, 4) is 6.07 Å². The highest BCUT2D eigenvalue weighted by Gasteiger charge is 2.08. The number of rotatable bonds is 4. The number of hydrogen-bond donors (Lipinski definition) is 1. The van der Waals surface area contributed by atoms with Crippen LogP contribution in [-0.4, -0.2) is 4.98 Å². The van der Waals surface area contributed by atoms with E-state index in [-0.39, 0.29) is 5.15 Å². The Bertz CT molecular complexity index is 596. The molecule has 0 aliphatic carbocycles. The zero-order valence-corrected chi connectivity index (χ0v) is 12.3. The molecule has 0 atom stereocenters. The average molecular weight is 292 g/mol. The lowest BCUT2D eigenvalue weighted by Crippen LogP contribution is -1.99. The lowest BCUT2D eigenvalue weighted by atomic mass is 10.0. The maximum atomic E-state index is 8.81. The first-order chi connectivity index (χ1) is 9.10. The molecule has 0 saturated heterocycles. The second kappa shape index (κ2) is 6.05. The molecule has 2 aromatic rings. The summed E-state index contributed by atoms with van der Waals surface area (Å²) in [6, 6.07) is 10.5. The zero-order valence-electron chi connectivity index (χ0n) is 10.8. The smallest absolute Gasteiger partial charge is 0.185 e. The van der Waals surface area contributed by atoms with Gasteiger partial charge in [-0.05, 0) is 17.0 Å². The van der Waals surface area contributed by atoms with E-state index in [2.05, 4.69) is 48.4 Å². The summed E-state index contributed by atoms with van der Waals surface area (Å²) in [5.41, 5.74) is 2.50. The molecule has 98 valence electrons. The molecule has 0 spiro atoms. The number of benzene rings is 1. The first kappa shape index (κ1) is 13.9. The van der Waals surface area contributed by atoms with E-state index >= 15 is 0 Å². The molecular formula is C14H14ClN3S. The molecule has 0 aliphatic rings. The highest BCUT2D eigenvalue weighted by molar-refractivity contribution is 7.16. The minimum absolute atomic E-state index is 0.269. The third kappa shape index (κ3) is 3.46. The molecule has 5 heteroatoms. The predicted molar refractivity (Wildman–Crippen MR) is 79.7 cm³/mol. The lowest BCUT2D eigenvalue weighted by Gasteiger charge is -2.07.